The van der Waals surface area contributed by atoms with Crippen LogP contribution in [0.1, 0.15) is 35.3 Å². The highest BCUT2D eigenvalue weighted by Crippen LogP contribution is 2.27. The van der Waals surface area contributed by atoms with E-state index in [1.807, 2.05) is 19.2 Å². The Hall–Kier alpha value is -1.87. The summed E-state index contributed by atoms with van der Waals surface area (Å²) >= 11 is 0. The molecule has 0 amide bonds. The van der Waals surface area contributed by atoms with Gasteiger partial charge in [0.25, 0.3) is 0 Å². The average molecular weight is 270 g/mol. The second-order valence-electron chi connectivity index (χ2n) is 4.94. The van der Waals surface area contributed by atoms with Crippen LogP contribution in [-0.2, 0) is 0 Å². The third-order valence-electron chi connectivity index (χ3n) is 3.45. The van der Waals surface area contributed by atoms with Crippen molar-refractivity contribution in [3.05, 3.63) is 58.9 Å². The van der Waals surface area contributed by atoms with Gasteiger partial charge in [0, 0.05) is 11.9 Å². The fourth-order valence-corrected chi connectivity index (χ4v) is 2.46. The van der Waals surface area contributed by atoms with Gasteiger partial charge in [-0.2, -0.15) is 0 Å². The van der Waals surface area contributed by atoms with Crippen LogP contribution in [0.25, 0.3) is 0 Å². The SMILES string of the molecule is CCNC(c1ccnc(C)c1)c1ccc(OC)cc1C. The second kappa shape index (κ2) is 6.53. The van der Waals surface area contributed by atoms with Crippen LogP contribution in [0.2, 0.25) is 0 Å². The molecule has 1 heterocycles. The minimum atomic E-state index is 0.188. The number of rotatable bonds is 5. The van der Waals surface area contributed by atoms with Gasteiger partial charge in [-0.1, -0.05) is 13.0 Å². The van der Waals surface area contributed by atoms with E-state index < -0.39 is 0 Å². The van der Waals surface area contributed by atoms with Crippen molar-refractivity contribution in [1.82, 2.24) is 10.3 Å². The van der Waals surface area contributed by atoms with Gasteiger partial charge < -0.3 is 10.1 Å². The van der Waals surface area contributed by atoms with Crippen molar-refractivity contribution in [2.45, 2.75) is 26.8 Å². The normalized spacial score (nSPS) is 12.2. The first-order valence-corrected chi connectivity index (χ1v) is 6.96. The molecule has 106 valence electrons. The zero-order chi connectivity index (χ0) is 14.5. The summed E-state index contributed by atoms with van der Waals surface area (Å²) < 4.78 is 5.28. The molecule has 1 unspecified atom stereocenters. The molecule has 0 aliphatic carbocycles. The fraction of sp³-hybridized carbons (Fsp3) is 0.353. The predicted molar refractivity (Wildman–Crippen MR) is 82.2 cm³/mol. The number of methoxy groups -OCH3 is 1. The van der Waals surface area contributed by atoms with E-state index in [2.05, 4.69) is 48.4 Å². The first-order chi connectivity index (χ1) is 9.65. The molecule has 0 saturated carbocycles. The van der Waals surface area contributed by atoms with Crippen LogP contribution in [0.3, 0.4) is 0 Å². The molecule has 3 nitrogen and oxygen atoms in total. The third-order valence-corrected chi connectivity index (χ3v) is 3.45. The number of pyridine rings is 1. The molecule has 1 N–H and O–H groups in total. The second-order valence-corrected chi connectivity index (χ2v) is 4.94. The van der Waals surface area contributed by atoms with Gasteiger partial charge in [-0.05, 0) is 61.3 Å². The maximum Gasteiger partial charge on any atom is 0.119 e. The minimum absolute atomic E-state index is 0.188. The van der Waals surface area contributed by atoms with Crippen molar-refractivity contribution in [2.24, 2.45) is 0 Å². The average Bonchev–Trinajstić information content (AvgIpc) is 2.45. The number of aromatic nitrogens is 1. The molecule has 2 aromatic rings. The van der Waals surface area contributed by atoms with E-state index in [1.165, 1.54) is 16.7 Å². The molecule has 0 bridgehead atoms. The summed E-state index contributed by atoms with van der Waals surface area (Å²) in [5.74, 6) is 0.896. The highest BCUT2D eigenvalue weighted by molar-refractivity contribution is 5.41. The van der Waals surface area contributed by atoms with Gasteiger partial charge in [0.1, 0.15) is 5.75 Å². The Labute approximate surface area is 121 Å². The molecule has 3 heteroatoms. The van der Waals surface area contributed by atoms with E-state index in [4.69, 9.17) is 4.74 Å². The van der Waals surface area contributed by atoms with Crippen LogP contribution < -0.4 is 10.1 Å². The monoisotopic (exact) mass is 270 g/mol. The Morgan fingerprint density at radius 3 is 2.60 bits per heavy atom. The molecule has 0 spiro atoms. The van der Waals surface area contributed by atoms with Gasteiger partial charge in [-0.15, -0.1) is 0 Å². The van der Waals surface area contributed by atoms with Crippen molar-refractivity contribution >= 4 is 0 Å². The van der Waals surface area contributed by atoms with Gasteiger partial charge in [0.2, 0.25) is 0 Å². The van der Waals surface area contributed by atoms with Gasteiger partial charge in [0.05, 0.1) is 13.2 Å². The summed E-state index contributed by atoms with van der Waals surface area (Å²) in [6.45, 7) is 7.18. The Morgan fingerprint density at radius 1 is 1.20 bits per heavy atom. The summed E-state index contributed by atoms with van der Waals surface area (Å²) in [4.78, 5) is 4.28. The first-order valence-electron chi connectivity index (χ1n) is 6.96. The van der Waals surface area contributed by atoms with Crippen LogP contribution in [0.5, 0.6) is 5.75 Å². The van der Waals surface area contributed by atoms with E-state index in [9.17, 15) is 0 Å². The van der Waals surface area contributed by atoms with Gasteiger partial charge >= 0.3 is 0 Å². The molecule has 2 rings (SSSR count). The predicted octanol–water partition coefficient (Wildman–Crippen LogP) is 3.41. The van der Waals surface area contributed by atoms with E-state index in [1.54, 1.807) is 7.11 Å². The largest absolute Gasteiger partial charge is 0.497 e. The van der Waals surface area contributed by atoms with Crippen molar-refractivity contribution in [2.75, 3.05) is 13.7 Å². The maximum atomic E-state index is 5.28. The summed E-state index contributed by atoms with van der Waals surface area (Å²) in [6.07, 6.45) is 1.87. The summed E-state index contributed by atoms with van der Waals surface area (Å²) in [5, 5.41) is 3.55. The van der Waals surface area contributed by atoms with Crippen molar-refractivity contribution in [3.8, 4) is 5.75 Å². The van der Waals surface area contributed by atoms with E-state index in [0.29, 0.717) is 0 Å². The minimum Gasteiger partial charge on any atom is -0.497 e. The standard InChI is InChI=1S/C17H22N2O/c1-5-18-17(14-8-9-19-13(3)11-14)16-7-6-15(20-4)10-12(16)2/h6-11,17-18H,5H2,1-4H3. The number of ether oxygens (including phenoxy) is 1. The molecular formula is C17H22N2O. The lowest BCUT2D eigenvalue weighted by atomic mass is 9.95. The third kappa shape index (κ3) is 3.17. The smallest absolute Gasteiger partial charge is 0.119 e. The van der Waals surface area contributed by atoms with Gasteiger partial charge in [-0.25, -0.2) is 0 Å². The Bertz CT molecular complexity index is 581. The summed E-state index contributed by atoms with van der Waals surface area (Å²) in [7, 11) is 1.70. The highest BCUT2D eigenvalue weighted by Gasteiger charge is 2.15. The van der Waals surface area contributed by atoms with Crippen molar-refractivity contribution in [3.63, 3.8) is 0 Å². The van der Waals surface area contributed by atoms with E-state index >= 15 is 0 Å². The summed E-state index contributed by atoms with van der Waals surface area (Å²) in [6, 6.07) is 10.6. The molecule has 1 aromatic heterocycles. The van der Waals surface area contributed by atoms with Crippen LogP contribution in [-0.4, -0.2) is 18.6 Å². The van der Waals surface area contributed by atoms with Crippen LogP contribution in [0, 0.1) is 13.8 Å². The Kier molecular flexibility index (Phi) is 4.74. The number of hydrogen-bond donors (Lipinski definition) is 1. The number of nitrogens with one attached hydrogen (secondary N) is 1. The lowest BCUT2D eigenvalue weighted by molar-refractivity contribution is 0.414. The number of nitrogens with zero attached hydrogens (tertiary/aromatic N) is 1. The molecule has 0 radical (unpaired) electrons. The van der Waals surface area contributed by atoms with Crippen LogP contribution in [0.15, 0.2) is 36.5 Å². The quantitative estimate of drug-likeness (QED) is 0.904. The molecular weight excluding hydrogens is 248 g/mol. The molecule has 1 atom stereocenters. The van der Waals surface area contributed by atoms with Gasteiger partial charge in [-0.3, -0.25) is 4.98 Å². The zero-order valence-electron chi connectivity index (χ0n) is 12.6. The lowest BCUT2D eigenvalue weighted by Gasteiger charge is -2.21. The van der Waals surface area contributed by atoms with Crippen LogP contribution in [0.4, 0.5) is 0 Å². The Morgan fingerprint density at radius 2 is 2.00 bits per heavy atom. The highest BCUT2D eigenvalue weighted by atomic mass is 16.5. The molecule has 0 fully saturated rings. The molecule has 1 aromatic carbocycles. The maximum absolute atomic E-state index is 5.28. The topological polar surface area (TPSA) is 34.2 Å². The van der Waals surface area contributed by atoms with Gasteiger partial charge in [0.15, 0.2) is 0 Å². The lowest BCUT2D eigenvalue weighted by Crippen LogP contribution is -2.23. The number of benzene rings is 1. The molecule has 20 heavy (non-hydrogen) atoms. The first kappa shape index (κ1) is 14.5. The van der Waals surface area contributed by atoms with E-state index in [-0.39, 0.29) is 6.04 Å². The summed E-state index contributed by atoms with van der Waals surface area (Å²) in [5.41, 5.74) is 4.78. The fourth-order valence-electron chi connectivity index (χ4n) is 2.46. The van der Waals surface area contributed by atoms with Crippen LogP contribution >= 0.6 is 0 Å². The Balaban J connectivity index is 2.43. The molecule has 0 aliphatic rings. The van der Waals surface area contributed by atoms with E-state index in [0.717, 1.165) is 18.0 Å². The molecule has 0 aliphatic heterocycles. The zero-order valence-corrected chi connectivity index (χ0v) is 12.6. The number of aryl methyl sites for hydroxylation is 2. The van der Waals surface area contributed by atoms with Crippen molar-refractivity contribution < 1.29 is 4.74 Å². The molecule has 0 saturated heterocycles. The number of hydrogen-bond acceptors (Lipinski definition) is 3. The van der Waals surface area contributed by atoms with Crippen molar-refractivity contribution in [1.29, 1.82) is 0 Å².